The molecule has 1 N–H and O–H groups in total. The molecular weight excluding hydrogens is 324 g/mol. The van der Waals surface area contributed by atoms with Gasteiger partial charge >= 0.3 is 0 Å². The lowest BCUT2D eigenvalue weighted by Crippen LogP contribution is -2.19. The first-order valence-corrected chi connectivity index (χ1v) is 7.75. The number of nitrogens with one attached hydrogen (secondary N) is 1. The van der Waals surface area contributed by atoms with Gasteiger partial charge in [-0.25, -0.2) is 4.98 Å². The van der Waals surface area contributed by atoms with Gasteiger partial charge in [-0.05, 0) is 35.5 Å². The number of aliphatic imine (C=N–C) groups is 1. The summed E-state index contributed by atoms with van der Waals surface area (Å²) in [7, 11) is 0. The number of rotatable bonds is 3. The number of non-ortho nitro benzene ring substituents is 1. The molecular formula is C13H8N4O3S2. The maximum atomic E-state index is 11.9. The first kappa shape index (κ1) is 14.4. The Morgan fingerprint density at radius 2 is 2.09 bits per heavy atom. The highest BCUT2D eigenvalue weighted by molar-refractivity contribution is 8.18. The molecule has 0 radical (unpaired) electrons. The van der Waals surface area contributed by atoms with Gasteiger partial charge in [0.25, 0.3) is 11.6 Å². The molecule has 1 saturated heterocycles. The zero-order chi connectivity index (χ0) is 15.5. The summed E-state index contributed by atoms with van der Waals surface area (Å²) in [6.07, 6.45) is 3.30. The van der Waals surface area contributed by atoms with Crippen LogP contribution in [0.4, 0.5) is 10.8 Å². The molecule has 110 valence electrons. The van der Waals surface area contributed by atoms with Crippen molar-refractivity contribution in [1.29, 1.82) is 0 Å². The van der Waals surface area contributed by atoms with Gasteiger partial charge in [0.1, 0.15) is 0 Å². The fourth-order valence-corrected chi connectivity index (χ4v) is 3.07. The fraction of sp³-hybridized carbons (Fsp3) is 0. The minimum Gasteiger partial charge on any atom is -0.300 e. The second-order valence-corrected chi connectivity index (χ2v) is 6.05. The zero-order valence-electron chi connectivity index (χ0n) is 10.9. The molecule has 7 nitrogen and oxygen atoms in total. The Morgan fingerprint density at radius 3 is 2.73 bits per heavy atom. The monoisotopic (exact) mass is 332 g/mol. The predicted molar refractivity (Wildman–Crippen MR) is 86.0 cm³/mol. The third-order valence-electron chi connectivity index (χ3n) is 2.67. The van der Waals surface area contributed by atoms with Crippen LogP contribution in [0, 0.1) is 10.1 Å². The van der Waals surface area contributed by atoms with Crippen molar-refractivity contribution in [3.05, 3.63) is 56.4 Å². The highest BCUT2D eigenvalue weighted by Gasteiger charge is 2.24. The van der Waals surface area contributed by atoms with Gasteiger partial charge in [0.2, 0.25) is 5.13 Å². The van der Waals surface area contributed by atoms with Gasteiger partial charge in [-0.15, -0.1) is 11.3 Å². The van der Waals surface area contributed by atoms with Gasteiger partial charge in [0.05, 0.1) is 9.83 Å². The van der Waals surface area contributed by atoms with Gasteiger partial charge in [-0.1, -0.05) is 0 Å². The van der Waals surface area contributed by atoms with E-state index < -0.39 is 4.92 Å². The van der Waals surface area contributed by atoms with E-state index in [1.807, 2.05) is 0 Å². The van der Waals surface area contributed by atoms with Crippen LogP contribution in [0.5, 0.6) is 0 Å². The summed E-state index contributed by atoms with van der Waals surface area (Å²) in [6.45, 7) is 0. The van der Waals surface area contributed by atoms with Gasteiger partial charge in [-0.2, -0.15) is 4.99 Å². The van der Waals surface area contributed by atoms with Gasteiger partial charge in [-0.3, -0.25) is 14.9 Å². The molecule has 2 heterocycles. The average molecular weight is 332 g/mol. The smallest absolute Gasteiger partial charge is 0.269 e. The van der Waals surface area contributed by atoms with E-state index in [1.165, 1.54) is 35.2 Å². The van der Waals surface area contributed by atoms with Crippen molar-refractivity contribution >= 4 is 51.1 Å². The lowest BCUT2D eigenvalue weighted by Gasteiger charge is -1.95. The summed E-state index contributed by atoms with van der Waals surface area (Å²) in [5, 5.41) is 16.1. The molecule has 1 amide bonds. The van der Waals surface area contributed by atoms with E-state index in [9.17, 15) is 14.9 Å². The van der Waals surface area contributed by atoms with Crippen LogP contribution < -0.4 is 5.32 Å². The second-order valence-electron chi connectivity index (χ2n) is 4.15. The maximum absolute atomic E-state index is 11.9. The number of amides is 1. The van der Waals surface area contributed by atoms with E-state index in [4.69, 9.17) is 0 Å². The number of thioether (sulfide) groups is 1. The molecule has 3 rings (SSSR count). The van der Waals surface area contributed by atoms with Crippen molar-refractivity contribution in [3.63, 3.8) is 0 Å². The molecule has 1 aromatic heterocycles. The molecule has 1 aromatic carbocycles. The highest BCUT2D eigenvalue weighted by atomic mass is 32.2. The van der Waals surface area contributed by atoms with E-state index in [1.54, 1.807) is 29.8 Å². The Kier molecular flexibility index (Phi) is 3.98. The summed E-state index contributed by atoms with van der Waals surface area (Å²) in [5.41, 5.74) is 0.718. The van der Waals surface area contributed by atoms with Gasteiger partial charge in [0, 0.05) is 23.7 Å². The van der Waals surface area contributed by atoms with Crippen LogP contribution in [-0.4, -0.2) is 21.0 Å². The number of hydrogen-bond acceptors (Lipinski definition) is 7. The van der Waals surface area contributed by atoms with Crippen molar-refractivity contribution < 1.29 is 9.72 Å². The van der Waals surface area contributed by atoms with Crippen molar-refractivity contribution in [2.24, 2.45) is 4.99 Å². The Bertz CT molecular complexity index is 782. The summed E-state index contributed by atoms with van der Waals surface area (Å²) in [5.74, 6) is -0.251. The number of carbonyl (C=O) groups is 1. The van der Waals surface area contributed by atoms with Gasteiger partial charge < -0.3 is 5.32 Å². The van der Waals surface area contributed by atoms with Crippen LogP contribution in [0.1, 0.15) is 5.56 Å². The SMILES string of the molecule is O=C1NC(=Nc2nccs2)S/C1=C/c1ccc([N+](=O)[O-])cc1. The van der Waals surface area contributed by atoms with Crippen molar-refractivity contribution in [2.45, 2.75) is 0 Å². The van der Waals surface area contributed by atoms with E-state index in [-0.39, 0.29) is 11.6 Å². The Morgan fingerprint density at radius 1 is 1.32 bits per heavy atom. The third-order valence-corrected chi connectivity index (χ3v) is 4.24. The third kappa shape index (κ3) is 3.21. The number of benzene rings is 1. The predicted octanol–water partition coefficient (Wildman–Crippen LogP) is 2.94. The topological polar surface area (TPSA) is 97.5 Å². The minimum absolute atomic E-state index is 0.0108. The number of amidine groups is 1. The van der Waals surface area contributed by atoms with E-state index in [0.717, 1.165) is 0 Å². The Balaban J connectivity index is 1.80. The number of nitro groups is 1. The first-order chi connectivity index (χ1) is 10.6. The van der Waals surface area contributed by atoms with Crippen molar-refractivity contribution in [3.8, 4) is 0 Å². The Labute approximate surface area is 132 Å². The molecule has 1 fully saturated rings. The number of thiazole rings is 1. The lowest BCUT2D eigenvalue weighted by molar-refractivity contribution is -0.384. The first-order valence-electron chi connectivity index (χ1n) is 6.05. The number of nitro benzene ring substituents is 1. The highest BCUT2D eigenvalue weighted by Crippen LogP contribution is 2.28. The van der Waals surface area contributed by atoms with Crippen LogP contribution >= 0.6 is 23.1 Å². The van der Waals surface area contributed by atoms with Crippen LogP contribution in [0.2, 0.25) is 0 Å². The molecule has 22 heavy (non-hydrogen) atoms. The number of aromatic nitrogens is 1. The molecule has 2 aromatic rings. The van der Waals surface area contributed by atoms with E-state index >= 15 is 0 Å². The van der Waals surface area contributed by atoms with Crippen molar-refractivity contribution in [1.82, 2.24) is 10.3 Å². The molecule has 1 aliphatic rings. The number of carbonyl (C=O) groups excluding carboxylic acids is 1. The molecule has 0 saturated carbocycles. The quantitative estimate of drug-likeness (QED) is 0.529. The Hall–Kier alpha value is -2.52. The fourth-order valence-electron chi connectivity index (χ4n) is 1.68. The molecule has 0 bridgehead atoms. The lowest BCUT2D eigenvalue weighted by atomic mass is 10.2. The summed E-state index contributed by atoms with van der Waals surface area (Å²) in [6, 6.07) is 5.98. The molecule has 1 aliphatic heterocycles. The largest absolute Gasteiger partial charge is 0.300 e. The van der Waals surface area contributed by atoms with E-state index in [2.05, 4.69) is 15.3 Å². The molecule has 0 spiro atoms. The normalized spacial score (nSPS) is 17.9. The molecule has 9 heteroatoms. The van der Waals surface area contributed by atoms with Crippen LogP contribution in [0.25, 0.3) is 6.08 Å². The molecule has 0 unspecified atom stereocenters. The number of nitrogens with zero attached hydrogens (tertiary/aromatic N) is 3. The van der Waals surface area contributed by atoms with Crippen molar-refractivity contribution in [2.75, 3.05) is 0 Å². The van der Waals surface area contributed by atoms with E-state index in [0.29, 0.717) is 20.8 Å². The summed E-state index contributed by atoms with van der Waals surface area (Å²) >= 11 is 2.58. The van der Waals surface area contributed by atoms with Gasteiger partial charge in [0.15, 0.2) is 5.17 Å². The van der Waals surface area contributed by atoms with Crippen LogP contribution in [0.15, 0.2) is 45.7 Å². The zero-order valence-corrected chi connectivity index (χ0v) is 12.6. The maximum Gasteiger partial charge on any atom is 0.269 e. The number of hydrogen-bond donors (Lipinski definition) is 1. The molecule has 0 atom stereocenters. The van der Waals surface area contributed by atoms with Crippen LogP contribution in [0.3, 0.4) is 0 Å². The average Bonchev–Trinajstić information content (AvgIpc) is 3.11. The minimum atomic E-state index is -0.466. The summed E-state index contributed by atoms with van der Waals surface area (Å²) in [4.78, 5) is 30.7. The summed E-state index contributed by atoms with van der Waals surface area (Å²) < 4.78 is 0. The molecule has 0 aliphatic carbocycles. The van der Waals surface area contributed by atoms with Crippen LogP contribution in [-0.2, 0) is 4.79 Å². The standard InChI is InChI=1S/C13H8N4O3S2/c18-11-10(7-8-1-3-9(4-2-8)17(19)20)22-13(15-11)16-12-14-5-6-21-12/h1-7H,(H,14,15,16,18)/b10-7+. The second kappa shape index (κ2) is 6.08.